The van der Waals surface area contributed by atoms with Gasteiger partial charge in [-0.05, 0) is 74.1 Å². The predicted octanol–water partition coefficient (Wildman–Crippen LogP) is 3.76. The number of urea groups is 1. The number of nitrogens with zero attached hydrogens (tertiary/aromatic N) is 1. The minimum Gasteiger partial charge on any atom is -0.495 e. The largest absolute Gasteiger partial charge is 0.495 e. The molecule has 168 valence electrons. The topological polar surface area (TPSA) is 87.7 Å². The third kappa shape index (κ3) is 5.95. The average molecular weight is 450 g/mol. The monoisotopic (exact) mass is 449 g/mol. The van der Waals surface area contributed by atoms with Crippen LogP contribution in [0, 0.1) is 18.7 Å². The molecule has 1 fully saturated rings. The Morgan fingerprint density at radius 2 is 1.84 bits per heavy atom. The number of carbonyl (C=O) groups excluding carboxylic acids is 1. The lowest BCUT2D eigenvalue weighted by Crippen LogP contribution is -2.39. The van der Waals surface area contributed by atoms with Gasteiger partial charge in [0.2, 0.25) is 10.0 Å². The summed E-state index contributed by atoms with van der Waals surface area (Å²) >= 11 is 0. The van der Waals surface area contributed by atoms with E-state index in [0.717, 1.165) is 37.0 Å². The van der Waals surface area contributed by atoms with Crippen molar-refractivity contribution in [1.29, 1.82) is 0 Å². The minimum atomic E-state index is -3.61. The lowest BCUT2D eigenvalue weighted by molar-refractivity contribution is 0.245. The Kier molecular flexibility index (Phi) is 7.50. The molecule has 0 unspecified atom stereocenters. The van der Waals surface area contributed by atoms with Crippen LogP contribution in [-0.2, 0) is 10.0 Å². The molecule has 0 aromatic heterocycles. The van der Waals surface area contributed by atoms with Gasteiger partial charge in [0.25, 0.3) is 0 Å². The molecule has 2 amide bonds. The molecule has 0 saturated carbocycles. The number of hydrogen-bond donors (Lipinski definition) is 2. The molecule has 0 aliphatic carbocycles. The smallest absolute Gasteiger partial charge is 0.319 e. The van der Waals surface area contributed by atoms with E-state index in [0.29, 0.717) is 37.0 Å². The van der Waals surface area contributed by atoms with Gasteiger partial charge in [-0.2, -0.15) is 4.31 Å². The molecule has 0 atom stereocenters. The van der Waals surface area contributed by atoms with Crippen LogP contribution in [-0.4, -0.2) is 45.5 Å². The molecule has 31 heavy (non-hydrogen) atoms. The van der Waals surface area contributed by atoms with E-state index in [2.05, 4.69) is 10.6 Å². The van der Waals surface area contributed by atoms with E-state index in [1.165, 1.54) is 16.4 Å². The third-order valence-corrected chi connectivity index (χ3v) is 7.38. The zero-order valence-electron chi connectivity index (χ0n) is 17.7. The Labute approximate surface area is 182 Å². The number of nitrogens with one attached hydrogen (secondary N) is 2. The van der Waals surface area contributed by atoms with Crippen LogP contribution in [0.25, 0.3) is 0 Å². The number of halogens is 1. The van der Waals surface area contributed by atoms with Crippen LogP contribution in [0.1, 0.15) is 24.8 Å². The van der Waals surface area contributed by atoms with E-state index < -0.39 is 15.8 Å². The van der Waals surface area contributed by atoms with E-state index in [1.807, 2.05) is 19.1 Å². The maximum atomic E-state index is 13.1. The summed E-state index contributed by atoms with van der Waals surface area (Å²) in [5.41, 5.74) is 1.62. The van der Waals surface area contributed by atoms with Crippen molar-refractivity contribution in [3.05, 3.63) is 53.8 Å². The second-order valence-corrected chi connectivity index (χ2v) is 9.61. The number of carbonyl (C=O) groups is 1. The third-order valence-electron chi connectivity index (χ3n) is 5.47. The first-order valence-corrected chi connectivity index (χ1v) is 11.7. The normalized spacial score (nSPS) is 15.5. The molecule has 2 N–H and O–H groups in total. The SMILES string of the molecule is COc1ccc(C)cc1NC(=O)NCCC1CCN(S(=O)(=O)c2ccc(F)cc2)CC1. The summed E-state index contributed by atoms with van der Waals surface area (Å²) in [5, 5.41) is 5.65. The summed E-state index contributed by atoms with van der Waals surface area (Å²) in [5.74, 6) is 0.457. The summed E-state index contributed by atoms with van der Waals surface area (Å²) in [7, 11) is -2.05. The van der Waals surface area contributed by atoms with Crippen LogP contribution in [0.15, 0.2) is 47.4 Å². The van der Waals surface area contributed by atoms with Gasteiger partial charge in [-0.15, -0.1) is 0 Å². The lowest BCUT2D eigenvalue weighted by atomic mass is 9.95. The van der Waals surface area contributed by atoms with Gasteiger partial charge in [0.05, 0.1) is 17.7 Å². The van der Waals surface area contributed by atoms with Gasteiger partial charge < -0.3 is 15.4 Å². The first-order chi connectivity index (χ1) is 14.8. The van der Waals surface area contributed by atoms with E-state index in [1.54, 1.807) is 13.2 Å². The molecule has 2 aromatic rings. The molecule has 9 heteroatoms. The predicted molar refractivity (Wildman–Crippen MR) is 117 cm³/mol. The van der Waals surface area contributed by atoms with Crippen LogP contribution in [0.5, 0.6) is 5.75 Å². The number of sulfonamides is 1. The summed E-state index contributed by atoms with van der Waals surface area (Å²) in [4.78, 5) is 12.3. The quantitative estimate of drug-likeness (QED) is 0.674. The fourth-order valence-corrected chi connectivity index (χ4v) is 5.14. The van der Waals surface area contributed by atoms with Crippen molar-refractivity contribution in [2.45, 2.75) is 31.1 Å². The van der Waals surface area contributed by atoms with Crippen molar-refractivity contribution in [3.63, 3.8) is 0 Å². The summed E-state index contributed by atoms with van der Waals surface area (Å²) < 4.78 is 45.2. The number of ether oxygens (including phenoxy) is 1. The van der Waals surface area contributed by atoms with Gasteiger partial charge >= 0.3 is 6.03 Å². The zero-order chi connectivity index (χ0) is 22.4. The van der Waals surface area contributed by atoms with Crippen LogP contribution in [0.4, 0.5) is 14.9 Å². The fraction of sp³-hybridized carbons (Fsp3) is 0.409. The maximum Gasteiger partial charge on any atom is 0.319 e. The van der Waals surface area contributed by atoms with Gasteiger partial charge in [-0.25, -0.2) is 17.6 Å². The highest BCUT2D eigenvalue weighted by Crippen LogP contribution is 2.26. The standard InChI is InChI=1S/C22H28FN3O4S/c1-16-3-8-21(30-2)20(15-16)25-22(27)24-12-9-17-10-13-26(14-11-17)31(28,29)19-6-4-18(23)5-7-19/h3-8,15,17H,9-14H2,1-2H3,(H2,24,25,27). The van der Waals surface area contributed by atoms with Gasteiger partial charge in [0, 0.05) is 19.6 Å². The van der Waals surface area contributed by atoms with E-state index >= 15 is 0 Å². The molecule has 0 spiro atoms. The van der Waals surface area contributed by atoms with Crippen molar-refractivity contribution in [3.8, 4) is 5.75 Å². The molecular weight excluding hydrogens is 421 g/mol. The number of anilines is 1. The average Bonchev–Trinajstić information content (AvgIpc) is 2.74. The number of amides is 2. The Hall–Kier alpha value is -2.65. The fourth-order valence-electron chi connectivity index (χ4n) is 3.67. The number of benzene rings is 2. The second kappa shape index (κ2) is 10.1. The zero-order valence-corrected chi connectivity index (χ0v) is 18.5. The van der Waals surface area contributed by atoms with E-state index in [4.69, 9.17) is 4.74 Å². The number of aryl methyl sites for hydroxylation is 1. The molecule has 2 aromatic carbocycles. The number of rotatable bonds is 7. The minimum absolute atomic E-state index is 0.109. The van der Waals surface area contributed by atoms with Crippen molar-refractivity contribution in [1.82, 2.24) is 9.62 Å². The Balaban J connectivity index is 1.44. The molecule has 7 nitrogen and oxygen atoms in total. The highest BCUT2D eigenvalue weighted by molar-refractivity contribution is 7.89. The first-order valence-electron chi connectivity index (χ1n) is 10.2. The molecule has 1 aliphatic heterocycles. The molecule has 1 saturated heterocycles. The second-order valence-electron chi connectivity index (χ2n) is 7.67. The number of piperidine rings is 1. The van der Waals surface area contributed by atoms with Gasteiger partial charge in [-0.3, -0.25) is 0 Å². The molecule has 0 radical (unpaired) electrons. The van der Waals surface area contributed by atoms with Crippen molar-refractivity contribution >= 4 is 21.7 Å². The van der Waals surface area contributed by atoms with Crippen molar-refractivity contribution in [2.24, 2.45) is 5.92 Å². The van der Waals surface area contributed by atoms with Crippen LogP contribution >= 0.6 is 0 Å². The number of methoxy groups -OCH3 is 1. The summed E-state index contributed by atoms with van der Waals surface area (Å²) in [6.07, 6.45) is 2.20. The highest BCUT2D eigenvalue weighted by atomic mass is 32.2. The maximum absolute atomic E-state index is 13.1. The summed E-state index contributed by atoms with van der Waals surface area (Å²) in [6.45, 7) is 3.26. The lowest BCUT2D eigenvalue weighted by Gasteiger charge is -2.31. The highest BCUT2D eigenvalue weighted by Gasteiger charge is 2.29. The van der Waals surface area contributed by atoms with E-state index in [9.17, 15) is 17.6 Å². The number of hydrogen-bond acceptors (Lipinski definition) is 4. The van der Waals surface area contributed by atoms with E-state index in [-0.39, 0.29) is 10.9 Å². The molecule has 3 rings (SSSR count). The van der Waals surface area contributed by atoms with Crippen molar-refractivity contribution < 1.29 is 22.3 Å². The Morgan fingerprint density at radius 1 is 1.16 bits per heavy atom. The van der Waals surface area contributed by atoms with Crippen LogP contribution in [0.2, 0.25) is 0 Å². The Morgan fingerprint density at radius 3 is 2.48 bits per heavy atom. The molecular formula is C22H28FN3O4S. The molecule has 1 aliphatic rings. The molecule has 0 bridgehead atoms. The molecule has 1 heterocycles. The van der Waals surface area contributed by atoms with Gasteiger partial charge in [0.15, 0.2) is 0 Å². The van der Waals surface area contributed by atoms with Crippen LogP contribution < -0.4 is 15.4 Å². The van der Waals surface area contributed by atoms with Crippen LogP contribution in [0.3, 0.4) is 0 Å². The van der Waals surface area contributed by atoms with Crippen molar-refractivity contribution in [2.75, 3.05) is 32.1 Å². The summed E-state index contributed by atoms with van der Waals surface area (Å²) in [6, 6.07) is 10.1. The van der Waals surface area contributed by atoms with Gasteiger partial charge in [0.1, 0.15) is 11.6 Å². The first kappa shape index (κ1) is 23.0. The van der Waals surface area contributed by atoms with Gasteiger partial charge in [-0.1, -0.05) is 6.07 Å². The Bertz CT molecular complexity index is 1000.